The van der Waals surface area contributed by atoms with Crippen molar-refractivity contribution in [2.24, 2.45) is 0 Å². The summed E-state index contributed by atoms with van der Waals surface area (Å²) in [5, 5.41) is 11.0. The minimum absolute atomic E-state index is 0.169. The van der Waals surface area contributed by atoms with Crippen LogP contribution >= 0.6 is 11.6 Å². The number of nitrogens with one attached hydrogen (secondary N) is 2. The van der Waals surface area contributed by atoms with Crippen LogP contribution in [0.4, 0.5) is 16.3 Å². The summed E-state index contributed by atoms with van der Waals surface area (Å²) >= 11 is 6.43. The van der Waals surface area contributed by atoms with E-state index in [1.54, 1.807) is 17.9 Å². The fourth-order valence-electron chi connectivity index (χ4n) is 3.61. The molecular weight excluding hydrogens is 490 g/mol. The number of nitrogens with zero attached hydrogens (tertiary/aromatic N) is 3. The number of ether oxygens (including phenoxy) is 1. The van der Waals surface area contributed by atoms with E-state index in [0.717, 1.165) is 5.69 Å². The number of carbonyl (C=O) groups excluding carboxylic acids is 2. The van der Waals surface area contributed by atoms with Crippen molar-refractivity contribution in [3.05, 3.63) is 70.9 Å². The predicted molar refractivity (Wildman–Crippen MR) is 149 cm³/mol. The van der Waals surface area contributed by atoms with E-state index in [0.29, 0.717) is 34.7 Å². The van der Waals surface area contributed by atoms with E-state index in [-0.39, 0.29) is 30.4 Å². The Bertz CT molecular complexity index is 1220. The molecule has 0 radical (unpaired) electrons. The normalized spacial score (nSPS) is 11.5. The molecule has 0 aliphatic heterocycles. The third-order valence-corrected chi connectivity index (χ3v) is 6.16. The Kier molecular flexibility index (Phi) is 9.34. The van der Waals surface area contributed by atoms with Crippen LogP contribution in [0.5, 0.6) is 0 Å². The highest BCUT2D eigenvalue weighted by Gasteiger charge is 2.24. The molecule has 8 nitrogen and oxygen atoms in total. The minimum Gasteiger partial charge on any atom is -0.383 e. The van der Waals surface area contributed by atoms with Crippen molar-refractivity contribution < 1.29 is 14.3 Å². The second kappa shape index (κ2) is 12.3. The van der Waals surface area contributed by atoms with Gasteiger partial charge in [0.15, 0.2) is 0 Å². The summed E-state index contributed by atoms with van der Waals surface area (Å²) in [5.74, 6) is 0.499. The molecule has 0 aliphatic carbocycles. The van der Waals surface area contributed by atoms with Gasteiger partial charge in [0, 0.05) is 30.8 Å². The number of aromatic nitrogens is 2. The van der Waals surface area contributed by atoms with Gasteiger partial charge in [0.25, 0.3) is 0 Å². The molecule has 9 heteroatoms. The summed E-state index contributed by atoms with van der Waals surface area (Å²) in [5.41, 5.74) is 3.03. The number of carbonyl (C=O) groups is 2. The number of amides is 3. The van der Waals surface area contributed by atoms with Gasteiger partial charge in [0.2, 0.25) is 5.91 Å². The molecule has 1 aromatic heterocycles. The van der Waals surface area contributed by atoms with Crippen LogP contribution in [0.25, 0.3) is 5.69 Å². The SMILES string of the molecule is COCCN(CC(=O)Nc1cc(C(C)(C)C)nn1-c1ccccc1Cl)C(=O)Nc1ccc(C(C)C)cc1. The van der Waals surface area contributed by atoms with Crippen LogP contribution in [0.1, 0.15) is 51.8 Å². The van der Waals surface area contributed by atoms with Crippen molar-refractivity contribution >= 4 is 35.0 Å². The lowest BCUT2D eigenvalue weighted by Gasteiger charge is -2.22. The van der Waals surface area contributed by atoms with Crippen molar-refractivity contribution in [1.82, 2.24) is 14.7 Å². The first-order valence-corrected chi connectivity index (χ1v) is 12.7. The molecular formula is C28H36ClN5O3. The molecule has 2 N–H and O–H groups in total. The van der Waals surface area contributed by atoms with Crippen molar-refractivity contribution in [2.75, 3.05) is 37.4 Å². The van der Waals surface area contributed by atoms with E-state index in [1.165, 1.54) is 10.5 Å². The average Bonchev–Trinajstić information content (AvgIpc) is 3.26. The van der Waals surface area contributed by atoms with Gasteiger partial charge in [-0.3, -0.25) is 4.79 Å². The van der Waals surface area contributed by atoms with Gasteiger partial charge in [-0.2, -0.15) is 5.10 Å². The van der Waals surface area contributed by atoms with Gasteiger partial charge in [-0.05, 0) is 35.7 Å². The van der Waals surface area contributed by atoms with Crippen molar-refractivity contribution in [3.63, 3.8) is 0 Å². The van der Waals surface area contributed by atoms with Gasteiger partial charge in [0.05, 0.1) is 23.0 Å². The summed E-state index contributed by atoms with van der Waals surface area (Å²) < 4.78 is 6.79. The Morgan fingerprint density at radius 2 is 1.76 bits per heavy atom. The molecule has 2 aromatic carbocycles. The summed E-state index contributed by atoms with van der Waals surface area (Å²) in [4.78, 5) is 27.6. The van der Waals surface area contributed by atoms with Crippen LogP contribution in [-0.4, -0.2) is 53.4 Å². The monoisotopic (exact) mass is 525 g/mol. The second-order valence-corrected chi connectivity index (χ2v) is 10.6. The number of methoxy groups -OCH3 is 1. The van der Waals surface area contributed by atoms with Gasteiger partial charge < -0.3 is 20.3 Å². The highest BCUT2D eigenvalue weighted by molar-refractivity contribution is 6.32. The topological polar surface area (TPSA) is 88.5 Å². The third-order valence-electron chi connectivity index (χ3n) is 5.84. The van der Waals surface area contributed by atoms with Gasteiger partial charge >= 0.3 is 6.03 Å². The molecule has 0 aliphatic rings. The molecule has 3 amide bonds. The van der Waals surface area contributed by atoms with Crippen LogP contribution in [0.3, 0.4) is 0 Å². The number of para-hydroxylation sites is 1. The molecule has 37 heavy (non-hydrogen) atoms. The van der Waals surface area contributed by atoms with Crippen LogP contribution in [0.2, 0.25) is 5.02 Å². The first-order chi connectivity index (χ1) is 17.5. The van der Waals surface area contributed by atoms with E-state index in [9.17, 15) is 9.59 Å². The molecule has 0 atom stereocenters. The van der Waals surface area contributed by atoms with E-state index in [2.05, 4.69) is 24.5 Å². The quantitative estimate of drug-likeness (QED) is 0.355. The predicted octanol–water partition coefficient (Wildman–Crippen LogP) is 6.07. The number of hydrogen-bond acceptors (Lipinski definition) is 4. The number of urea groups is 1. The van der Waals surface area contributed by atoms with Crippen LogP contribution in [0.15, 0.2) is 54.6 Å². The second-order valence-electron chi connectivity index (χ2n) is 10.2. The van der Waals surface area contributed by atoms with Gasteiger partial charge in [-0.1, -0.05) is 70.5 Å². The zero-order valence-electron chi connectivity index (χ0n) is 22.3. The van der Waals surface area contributed by atoms with Gasteiger partial charge in [-0.15, -0.1) is 0 Å². The third kappa shape index (κ3) is 7.57. The van der Waals surface area contributed by atoms with E-state index >= 15 is 0 Å². The molecule has 3 aromatic rings. The summed E-state index contributed by atoms with van der Waals surface area (Å²) in [6.45, 7) is 10.7. The first kappa shape index (κ1) is 28.2. The highest BCUT2D eigenvalue weighted by Crippen LogP contribution is 2.29. The molecule has 0 saturated carbocycles. The van der Waals surface area contributed by atoms with E-state index < -0.39 is 0 Å². The summed E-state index contributed by atoms with van der Waals surface area (Å²) in [6, 6.07) is 16.4. The highest BCUT2D eigenvalue weighted by atomic mass is 35.5. The molecule has 0 spiro atoms. The van der Waals surface area contributed by atoms with E-state index in [1.807, 2.05) is 69.3 Å². The molecule has 198 valence electrons. The zero-order valence-corrected chi connectivity index (χ0v) is 23.1. The van der Waals surface area contributed by atoms with Crippen molar-refractivity contribution in [2.45, 2.75) is 46.0 Å². The molecule has 3 rings (SSSR count). The Balaban J connectivity index is 1.79. The maximum Gasteiger partial charge on any atom is 0.322 e. The fourth-order valence-corrected chi connectivity index (χ4v) is 3.82. The lowest BCUT2D eigenvalue weighted by atomic mass is 9.92. The Labute approximate surface area is 223 Å². The number of anilines is 2. The van der Waals surface area contributed by atoms with Crippen molar-refractivity contribution in [3.8, 4) is 5.69 Å². The number of benzene rings is 2. The van der Waals surface area contributed by atoms with Crippen LogP contribution in [0, 0.1) is 0 Å². The van der Waals surface area contributed by atoms with Crippen LogP contribution in [-0.2, 0) is 14.9 Å². The standard InChI is InChI=1S/C28H36ClN5O3/c1-19(2)20-11-13-21(14-12-20)30-27(36)33(15-16-37-6)18-26(35)31-25-17-24(28(3,4)5)32-34(25)23-10-8-7-9-22(23)29/h7-14,17,19H,15-16,18H2,1-6H3,(H,30,36)(H,31,35). The number of rotatable bonds is 9. The lowest BCUT2D eigenvalue weighted by Crippen LogP contribution is -2.42. The minimum atomic E-state index is -0.389. The number of hydrogen-bond donors (Lipinski definition) is 2. The Morgan fingerprint density at radius 3 is 2.35 bits per heavy atom. The van der Waals surface area contributed by atoms with Crippen molar-refractivity contribution in [1.29, 1.82) is 0 Å². The summed E-state index contributed by atoms with van der Waals surface area (Å²) in [6.07, 6.45) is 0. The maximum absolute atomic E-state index is 13.1. The largest absolute Gasteiger partial charge is 0.383 e. The lowest BCUT2D eigenvalue weighted by molar-refractivity contribution is -0.116. The smallest absolute Gasteiger partial charge is 0.322 e. The van der Waals surface area contributed by atoms with E-state index in [4.69, 9.17) is 21.4 Å². The molecule has 0 saturated heterocycles. The molecule has 0 fully saturated rings. The zero-order chi connectivity index (χ0) is 27.2. The maximum atomic E-state index is 13.1. The Morgan fingerprint density at radius 1 is 1.08 bits per heavy atom. The van der Waals surface area contributed by atoms with Crippen LogP contribution < -0.4 is 10.6 Å². The molecule has 0 bridgehead atoms. The van der Waals surface area contributed by atoms with Gasteiger partial charge in [-0.25, -0.2) is 9.48 Å². The average molecular weight is 526 g/mol. The fraction of sp³-hybridized carbons (Fsp3) is 0.393. The van der Waals surface area contributed by atoms with Gasteiger partial charge in [0.1, 0.15) is 12.4 Å². The Hall–Kier alpha value is -3.36. The molecule has 0 unspecified atom stereocenters. The summed E-state index contributed by atoms with van der Waals surface area (Å²) in [7, 11) is 1.55. The molecule has 1 heterocycles. The number of halogens is 1. The first-order valence-electron chi connectivity index (χ1n) is 12.3.